The maximum Gasteiger partial charge on any atom is 0.0978 e. The molecule has 1 aliphatic rings. The van der Waals surface area contributed by atoms with Crippen molar-refractivity contribution in [2.45, 2.75) is 31.9 Å². The molecule has 4 heteroatoms. The summed E-state index contributed by atoms with van der Waals surface area (Å²) in [5.74, 6) is 0. The number of nitrogens with zero attached hydrogens (tertiary/aromatic N) is 1. The van der Waals surface area contributed by atoms with E-state index in [0.29, 0.717) is 12.6 Å². The average molecular weight is 189 g/mol. The first-order valence-corrected chi connectivity index (χ1v) is 4.85. The molecule has 1 aliphatic heterocycles. The van der Waals surface area contributed by atoms with E-state index in [2.05, 4.69) is 16.7 Å². The summed E-state index contributed by atoms with van der Waals surface area (Å²) in [6.07, 6.45) is 1.49. The molecule has 78 valence electrons. The van der Waals surface area contributed by atoms with Gasteiger partial charge in [0.15, 0.2) is 0 Å². The topological polar surface area (TPSA) is 41.9 Å². The van der Waals surface area contributed by atoms with Crippen LogP contribution in [0.2, 0.25) is 0 Å². The van der Waals surface area contributed by atoms with Crippen LogP contribution in [0.3, 0.4) is 0 Å². The van der Waals surface area contributed by atoms with Crippen molar-refractivity contribution in [3.63, 3.8) is 0 Å². The second-order valence-corrected chi connectivity index (χ2v) is 3.41. The van der Waals surface area contributed by atoms with E-state index in [1.54, 1.807) is 0 Å². The number of rotatable bonds is 4. The lowest BCUT2D eigenvalue weighted by Gasteiger charge is -2.36. The Balaban J connectivity index is 2.35. The summed E-state index contributed by atoms with van der Waals surface area (Å²) in [7, 11) is 1.51. The Morgan fingerprint density at radius 2 is 2.31 bits per heavy atom. The van der Waals surface area contributed by atoms with Crippen LogP contribution in [-0.4, -0.2) is 49.0 Å². The monoisotopic (exact) mass is 189 g/mol. The summed E-state index contributed by atoms with van der Waals surface area (Å²) >= 11 is 0. The lowest BCUT2D eigenvalue weighted by Crippen LogP contribution is -2.46. The van der Waals surface area contributed by atoms with Gasteiger partial charge in [0.05, 0.1) is 19.8 Å². The minimum atomic E-state index is -0.173. The molecule has 0 aliphatic carbocycles. The van der Waals surface area contributed by atoms with E-state index in [4.69, 9.17) is 4.89 Å². The number of hydrogen-bond donors (Lipinski definition) is 1. The molecule has 1 heterocycles. The zero-order chi connectivity index (χ0) is 9.68. The first-order valence-electron chi connectivity index (χ1n) is 4.85. The van der Waals surface area contributed by atoms with E-state index in [1.165, 1.54) is 7.11 Å². The van der Waals surface area contributed by atoms with Crippen molar-refractivity contribution < 1.29 is 14.9 Å². The SMILES string of the molecule is CCN1CCC(O)CC1COOC. The fourth-order valence-corrected chi connectivity index (χ4v) is 1.81. The molecule has 2 unspecified atom stereocenters. The molecule has 0 radical (unpaired) electrons. The van der Waals surface area contributed by atoms with Gasteiger partial charge in [-0.05, 0) is 19.4 Å². The molecular weight excluding hydrogens is 170 g/mol. The maximum absolute atomic E-state index is 9.47. The van der Waals surface area contributed by atoms with E-state index in [9.17, 15) is 5.11 Å². The van der Waals surface area contributed by atoms with Gasteiger partial charge in [0.2, 0.25) is 0 Å². The van der Waals surface area contributed by atoms with Gasteiger partial charge in [0.1, 0.15) is 0 Å². The first kappa shape index (κ1) is 10.9. The molecule has 0 amide bonds. The molecule has 0 aromatic rings. The Morgan fingerprint density at radius 1 is 1.54 bits per heavy atom. The van der Waals surface area contributed by atoms with Gasteiger partial charge in [-0.1, -0.05) is 6.92 Å². The third-order valence-corrected chi connectivity index (χ3v) is 2.59. The molecule has 0 aromatic carbocycles. The van der Waals surface area contributed by atoms with Gasteiger partial charge in [-0.15, -0.1) is 0 Å². The van der Waals surface area contributed by atoms with E-state index >= 15 is 0 Å². The van der Waals surface area contributed by atoms with Crippen LogP contribution in [0.25, 0.3) is 0 Å². The average Bonchev–Trinajstić information content (AvgIpc) is 2.15. The van der Waals surface area contributed by atoms with Crippen LogP contribution in [0.5, 0.6) is 0 Å². The Hall–Kier alpha value is -0.160. The first-order chi connectivity index (χ1) is 6.27. The van der Waals surface area contributed by atoms with E-state index in [-0.39, 0.29) is 6.10 Å². The minimum Gasteiger partial charge on any atom is -0.393 e. The number of aliphatic hydroxyl groups is 1. The molecule has 1 saturated heterocycles. The van der Waals surface area contributed by atoms with E-state index < -0.39 is 0 Å². The summed E-state index contributed by atoms with van der Waals surface area (Å²) in [6, 6.07) is 0.300. The third-order valence-electron chi connectivity index (χ3n) is 2.59. The highest BCUT2D eigenvalue weighted by atomic mass is 17.2. The molecule has 1 N–H and O–H groups in total. The van der Waals surface area contributed by atoms with Gasteiger partial charge in [0.25, 0.3) is 0 Å². The molecule has 0 bridgehead atoms. The summed E-state index contributed by atoms with van der Waals surface area (Å²) in [4.78, 5) is 11.8. The van der Waals surface area contributed by atoms with Gasteiger partial charge in [-0.25, -0.2) is 9.78 Å². The second kappa shape index (κ2) is 5.54. The van der Waals surface area contributed by atoms with Crippen LogP contribution in [0, 0.1) is 0 Å². The molecule has 13 heavy (non-hydrogen) atoms. The van der Waals surface area contributed by atoms with Gasteiger partial charge >= 0.3 is 0 Å². The molecule has 1 fully saturated rings. The van der Waals surface area contributed by atoms with E-state index in [0.717, 1.165) is 25.9 Å². The van der Waals surface area contributed by atoms with Crippen LogP contribution in [0.15, 0.2) is 0 Å². The number of hydrogen-bond acceptors (Lipinski definition) is 4. The largest absolute Gasteiger partial charge is 0.393 e. The minimum absolute atomic E-state index is 0.173. The molecule has 1 rings (SSSR count). The van der Waals surface area contributed by atoms with Crippen molar-refractivity contribution in [1.29, 1.82) is 0 Å². The molecule has 0 saturated carbocycles. The number of aliphatic hydroxyl groups excluding tert-OH is 1. The zero-order valence-electron chi connectivity index (χ0n) is 8.40. The second-order valence-electron chi connectivity index (χ2n) is 3.41. The van der Waals surface area contributed by atoms with Crippen LogP contribution < -0.4 is 0 Å². The van der Waals surface area contributed by atoms with Crippen LogP contribution in [-0.2, 0) is 9.78 Å². The molecule has 2 atom stereocenters. The van der Waals surface area contributed by atoms with Gasteiger partial charge in [-0.3, -0.25) is 4.90 Å². The highest BCUT2D eigenvalue weighted by Crippen LogP contribution is 2.17. The standard InChI is InChI=1S/C9H19NO3/c1-3-10-5-4-9(11)6-8(10)7-13-12-2/h8-9,11H,3-7H2,1-2H3. The van der Waals surface area contributed by atoms with Gasteiger partial charge in [-0.2, -0.15) is 0 Å². The Kier molecular flexibility index (Phi) is 4.66. The van der Waals surface area contributed by atoms with Crippen molar-refractivity contribution >= 4 is 0 Å². The summed E-state index contributed by atoms with van der Waals surface area (Å²) in [5.41, 5.74) is 0. The molecule has 0 spiro atoms. The fraction of sp³-hybridized carbons (Fsp3) is 1.00. The van der Waals surface area contributed by atoms with Crippen molar-refractivity contribution in [1.82, 2.24) is 4.90 Å². The quantitative estimate of drug-likeness (QED) is 0.514. The van der Waals surface area contributed by atoms with Crippen molar-refractivity contribution in [3.05, 3.63) is 0 Å². The maximum atomic E-state index is 9.47. The van der Waals surface area contributed by atoms with Crippen molar-refractivity contribution in [2.24, 2.45) is 0 Å². The summed E-state index contributed by atoms with van der Waals surface area (Å²) in [6.45, 7) is 4.62. The lowest BCUT2D eigenvalue weighted by molar-refractivity contribution is -0.282. The Bertz CT molecular complexity index is 143. The number of likely N-dealkylation sites (N-methyl/N-ethyl adjacent to an activating group) is 1. The predicted octanol–water partition coefficient (Wildman–Crippen LogP) is 0.410. The van der Waals surface area contributed by atoms with Crippen molar-refractivity contribution in [2.75, 3.05) is 26.8 Å². The van der Waals surface area contributed by atoms with Crippen LogP contribution in [0.4, 0.5) is 0 Å². The van der Waals surface area contributed by atoms with Gasteiger partial charge in [0, 0.05) is 12.6 Å². The van der Waals surface area contributed by atoms with E-state index in [1.807, 2.05) is 0 Å². The number of piperidine rings is 1. The van der Waals surface area contributed by atoms with Crippen LogP contribution >= 0.6 is 0 Å². The predicted molar refractivity (Wildman–Crippen MR) is 49.2 cm³/mol. The highest BCUT2D eigenvalue weighted by Gasteiger charge is 2.26. The molecule has 0 aromatic heterocycles. The Morgan fingerprint density at radius 3 is 2.92 bits per heavy atom. The van der Waals surface area contributed by atoms with Gasteiger partial charge < -0.3 is 5.11 Å². The summed E-state index contributed by atoms with van der Waals surface area (Å²) in [5, 5.41) is 9.47. The zero-order valence-corrected chi connectivity index (χ0v) is 8.40. The third kappa shape index (κ3) is 3.23. The molecular formula is C9H19NO3. The van der Waals surface area contributed by atoms with Crippen molar-refractivity contribution in [3.8, 4) is 0 Å². The van der Waals surface area contributed by atoms with Crippen LogP contribution in [0.1, 0.15) is 19.8 Å². The highest BCUT2D eigenvalue weighted by molar-refractivity contribution is 4.80. The summed E-state index contributed by atoms with van der Waals surface area (Å²) < 4.78 is 0. The lowest BCUT2D eigenvalue weighted by atomic mass is 10.0. The Labute approximate surface area is 79.4 Å². The smallest absolute Gasteiger partial charge is 0.0978 e. The normalized spacial score (nSPS) is 30.7. The molecule has 4 nitrogen and oxygen atoms in total. The fourth-order valence-electron chi connectivity index (χ4n) is 1.81. The number of likely N-dealkylation sites (tertiary alicyclic amines) is 1.